The summed E-state index contributed by atoms with van der Waals surface area (Å²) in [6.07, 6.45) is 0.666. The number of rotatable bonds is 2. The highest BCUT2D eigenvalue weighted by Crippen LogP contribution is 2.18. The summed E-state index contributed by atoms with van der Waals surface area (Å²) in [4.78, 5) is 13.9. The minimum atomic E-state index is -0.222. The van der Waals surface area contributed by atoms with E-state index in [-0.39, 0.29) is 10.7 Å². The first kappa shape index (κ1) is 11.2. The van der Waals surface area contributed by atoms with Crippen molar-refractivity contribution < 1.29 is 4.39 Å². The first-order valence-electron chi connectivity index (χ1n) is 5.57. The Morgan fingerprint density at radius 3 is 2.78 bits per heavy atom. The van der Waals surface area contributed by atoms with Crippen LogP contribution in [0.3, 0.4) is 0 Å². The summed E-state index contributed by atoms with van der Waals surface area (Å²) >= 11 is 1.19. The van der Waals surface area contributed by atoms with Gasteiger partial charge in [-0.05, 0) is 41.8 Å². The maximum Gasteiger partial charge on any atom is 0.305 e. The zero-order valence-electron chi connectivity index (χ0n) is 9.44. The van der Waals surface area contributed by atoms with Crippen LogP contribution in [0.2, 0.25) is 0 Å². The Hall–Kier alpha value is -1.94. The molecule has 0 saturated carbocycles. The van der Waals surface area contributed by atoms with Crippen LogP contribution < -0.4 is 4.87 Å². The van der Waals surface area contributed by atoms with Gasteiger partial charge in [0, 0.05) is 0 Å². The summed E-state index contributed by atoms with van der Waals surface area (Å²) in [7, 11) is 0. The van der Waals surface area contributed by atoms with Gasteiger partial charge in [0.2, 0.25) is 0 Å². The molecule has 4 heteroatoms. The van der Waals surface area contributed by atoms with E-state index in [1.165, 1.54) is 23.5 Å². The highest BCUT2D eigenvalue weighted by molar-refractivity contribution is 7.16. The van der Waals surface area contributed by atoms with Crippen LogP contribution in [0.4, 0.5) is 4.39 Å². The molecule has 18 heavy (non-hydrogen) atoms. The predicted octanol–water partition coefficient (Wildman–Crippen LogP) is 3.32. The molecule has 0 radical (unpaired) electrons. The van der Waals surface area contributed by atoms with E-state index in [9.17, 15) is 9.18 Å². The lowest BCUT2D eigenvalue weighted by molar-refractivity contribution is 0.626. The van der Waals surface area contributed by atoms with Gasteiger partial charge in [-0.15, -0.1) is 0 Å². The van der Waals surface area contributed by atoms with Gasteiger partial charge in [-0.3, -0.25) is 4.79 Å². The van der Waals surface area contributed by atoms with Gasteiger partial charge in [-0.2, -0.15) is 0 Å². The van der Waals surface area contributed by atoms with E-state index >= 15 is 0 Å². The van der Waals surface area contributed by atoms with Gasteiger partial charge in [0.15, 0.2) is 0 Å². The molecule has 1 aromatic heterocycles. The molecule has 2 aromatic carbocycles. The number of H-pyrrole nitrogens is 1. The van der Waals surface area contributed by atoms with Crippen molar-refractivity contribution in [3.8, 4) is 0 Å². The van der Waals surface area contributed by atoms with Crippen LogP contribution in [0.25, 0.3) is 10.2 Å². The van der Waals surface area contributed by atoms with Crippen molar-refractivity contribution in [3.63, 3.8) is 0 Å². The van der Waals surface area contributed by atoms with Crippen LogP contribution in [-0.2, 0) is 6.42 Å². The van der Waals surface area contributed by atoms with Crippen molar-refractivity contribution >= 4 is 21.6 Å². The minimum Gasteiger partial charge on any atom is -0.312 e. The number of hydrogen-bond donors (Lipinski definition) is 1. The zero-order valence-corrected chi connectivity index (χ0v) is 10.3. The van der Waals surface area contributed by atoms with Crippen molar-refractivity contribution in [1.82, 2.24) is 4.98 Å². The van der Waals surface area contributed by atoms with Crippen molar-refractivity contribution in [3.05, 3.63) is 69.1 Å². The summed E-state index contributed by atoms with van der Waals surface area (Å²) in [5, 5.41) is 0. The molecule has 0 aliphatic carbocycles. The quantitative estimate of drug-likeness (QED) is 0.752. The Bertz CT molecular complexity index is 760. The molecule has 90 valence electrons. The van der Waals surface area contributed by atoms with Crippen molar-refractivity contribution in [2.24, 2.45) is 0 Å². The SMILES string of the molecule is O=c1[nH]c2ccc(Cc3cccc(F)c3)cc2s1. The summed E-state index contributed by atoms with van der Waals surface area (Å²) in [6.45, 7) is 0. The van der Waals surface area contributed by atoms with E-state index in [1.54, 1.807) is 6.07 Å². The number of hydrogen-bond acceptors (Lipinski definition) is 2. The average Bonchev–Trinajstić information content (AvgIpc) is 2.68. The summed E-state index contributed by atoms with van der Waals surface area (Å²) in [5.74, 6) is -0.222. The minimum absolute atomic E-state index is 0.0482. The van der Waals surface area contributed by atoms with E-state index in [4.69, 9.17) is 0 Å². The van der Waals surface area contributed by atoms with Gasteiger partial charge in [0.25, 0.3) is 0 Å². The molecule has 3 aromatic rings. The smallest absolute Gasteiger partial charge is 0.305 e. The van der Waals surface area contributed by atoms with E-state index in [0.717, 1.165) is 21.3 Å². The monoisotopic (exact) mass is 259 g/mol. The Morgan fingerprint density at radius 2 is 1.94 bits per heavy atom. The Balaban J connectivity index is 1.97. The fraction of sp³-hybridized carbons (Fsp3) is 0.0714. The van der Waals surface area contributed by atoms with E-state index in [1.807, 2.05) is 24.3 Å². The van der Waals surface area contributed by atoms with Gasteiger partial charge in [0.05, 0.1) is 10.2 Å². The maximum absolute atomic E-state index is 13.1. The Labute approximate surface area is 107 Å². The van der Waals surface area contributed by atoms with Crippen LogP contribution in [0.5, 0.6) is 0 Å². The molecule has 0 aliphatic heterocycles. The summed E-state index contributed by atoms with van der Waals surface area (Å²) in [5.41, 5.74) is 2.86. The molecule has 0 unspecified atom stereocenters. The molecule has 0 spiro atoms. The average molecular weight is 259 g/mol. The Morgan fingerprint density at radius 1 is 1.11 bits per heavy atom. The fourth-order valence-electron chi connectivity index (χ4n) is 1.98. The van der Waals surface area contributed by atoms with Crippen molar-refractivity contribution in [1.29, 1.82) is 0 Å². The van der Waals surface area contributed by atoms with Gasteiger partial charge in [-0.1, -0.05) is 29.5 Å². The number of aromatic amines is 1. The maximum atomic E-state index is 13.1. The van der Waals surface area contributed by atoms with Gasteiger partial charge >= 0.3 is 4.87 Å². The van der Waals surface area contributed by atoms with E-state index in [0.29, 0.717) is 6.42 Å². The van der Waals surface area contributed by atoms with Crippen LogP contribution in [-0.4, -0.2) is 4.98 Å². The second kappa shape index (κ2) is 4.38. The molecule has 3 rings (SSSR count). The molecule has 0 saturated heterocycles. The molecule has 1 N–H and O–H groups in total. The Kier molecular flexibility index (Phi) is 2.72. The van der Waals surface area contributed by atoms with Gasteiger partial charge < -0.3 is 4.98 Å². The first-order chi connectivity index (χ1) is 8.70. The zero-order chi connectivity index (χ0) is 12.5. The van der Waals surface area contributed by atoms with Crippen LogP contribution in [0, 0.1) is 5.82 Å². The molecule has 0 fully saturated rings. The van der Waals surface area contributed by atoms with Crippen molar-refractivity contribution in [2.45, 2.75) is 6.42 Å². The normalized spacial score (nSPS) is 10.9. The molecule has 0 bridgehead atoms. The molecular weight excluding hydrogens is 249 g/mol. The lowest BCUT2D eigenvalue weighted by Gasteiger charge is -2.02. The standard InChI is InChI=1S/C14H10FNOS/c15-11-3-1-2-9(7-11)6-10-4-5-12-13(8-10)18-14(17)16-12/h1-5,7-8H,6H2,(H,16,17). The molecule has 0 amide bonds. The van der Waals surface area contributed by atoms with Gasteiger partial charge in [-0.25, -0.2) is 4.39 Å². The lowest BCUT2D eigenvalue weighted by Crippen LogP contribution is -1.90. The molecule has 2 nitrogen and oxygen atoms in total. The molecule has 0 atom stereocenters. The fourth-order valence-corrected chi connectivity index (χ4v) is 2.78. The van der Waals surface area contributed by atoms with Gasteiger partial charge in [0.1, 0.15) is 5.82 Å². The third kappa shape index (κ3) is 2.19. The molecule has 0 aliphatic rings. The number of benzene rings is 2. The van der Waals surface area contributed by atoms with Crippen molar-refractivity contribution in [2.75, 3.05) is 0 Å². The molecule has 1 heterocycles. The summed E-state index contributed by atoms with van der Waals surface area (Å²) < 4.78 is 14.0. The number of fused-ring (bicyclic) bond motifs is 1. The predicted molar refractivity (Wildman–Crippen MR) is 71.7 cm³/mol. The highest BCUT2D eigenvalue weighted by atomic mass is 32.1. The number of halogens is 1. The lowest BCUT2D eigenvalue weighted by atomic mass is 10.0. The highest BCUT2D eigenvalue weighted by Gasteiger charge is 2.02. The van der Waals surface area contributed by atoms with Crippen LogP contribution in [0.1, 0.15) is 11.1 Å². The number of thiazole rings is 1. The number of aromatic nitrogens is 1. The van der Waals surface area contributed by atoms with Crippen LogP contribution in [0.15, 0.2) is 47.3 Å². The second-order valence-corrected chi connectivity index (χ2v) is 5.17. The largest absolute Gasteiger partial charge is 0.312 e. The topological polar surface area (TPSA) is 32.9 Å². The number of nitrogens with one attached hydrogen (secondary N) is 1. The third-order valence-corrected chi connectivity index (χ3v) is 3.63. The van der Waals surface area contributed by atoms with Crippen LogP contribution >= 0.6 is 11.3 Å². The molecular formula is C14H10FNOS. The van der Waals surface area contributed by atoms with E-state index in [2.05, 4.69) is 4.98 Å². The summed E-state index contributed by atoms with van der Waals surface area (Å²) in [6, 6.07) is 12.4. The third-order valence-electron chi connectivity index (χ3n) is 2.78. The second-order valence-electron chi connectivity index (χ2n) is 4.15. The van der Waals surface area contributed by atoms with E-state index < -0.39 is 0 Å². The first-order valence-corrected chi connectivity index (χ1v) is 6.38.